The minimum atomic E-state index is -3.11. The standard InChI is InChI=1S/C9H16O4S/c1-7(6-9(10)13-2)14(11,12)8-4-3-5-8/h7-8H,3-6H2,1-2H3. The molecule has 0 N–H and O–H groups in total. The molecule has 1 rings (SSSR count). The predicted octanol–water partition coefficient (Wildman–Crippen LogP) is 0.905. The summed E-state index contributed by atoms with van der Waals surface area (Å²) < 4.78 is 28.0. The average Bonchev–Trinajstić information content (AvgIpc) is 1.99. The van der Waals surface area contributed by atoms with Gasteiger partial charge in [-0.3, -0.25) is 4.79 Å². The van der Waals surface area contributed by atoms with Crippen LogP contribution < -0.4 is 0 Å². The van der Waals surface area contributed by atoms with E-state index in [4.69, 9.17) is 0 Å². The number of hydrogen-bond donors (Lipinski definition) is 0. The number of ether oxygens (including phenoxy) is 1. The molecule has 0 saturated heterocycles. The second kappa shape index (κ2) is 4.29. The summed E-state index contributed by atoms with van der Waals surface area (Å²) in [4.78, 5) is 10.9. The fourth-order valence-corrected chi connectivity index (χ4v) is 3.48. The number of rotatable bonds is 4. The summed E-state index contributed by atoms with van der Waals surface area (Å²) in [6.07, 6.45) is 2.44. The first-order valence-electron chi connectivity index (χ1n) is 4.78. The van der Waals surface area contributed by atoms with E-state index < -0.39 is 21.1 Å². The van der Waals surface area contributed by atoms with Gasteiger partial charge in [-0.05, 0) is 19.8 Å². The fraction of sp³-hybridized carbons (Fsp3) is 0.889. The van der Waals surface area contributed by atoms with Gasteiger partial charge in [-0.2, -0.15) is 0 Å². The van der Waals surface area contributed by atoms with Gasteiger partial charge in [0.15, 0.2) is 9.84 Å². The Hall–Kier alpha value is -0.580. The van der Waals surface area contributed by atoms with Gasteiger partial charge < -0.3 is 4.74 Å². The van der Waals surface area contributed by atoms with Gasteiger partial charge in [0, 0.05) is 0 Å². The van der Waals surface area contributed by atoms with Gasteiger partial charge in [0.05, 0.1) is 24.0 Å². The molecule has 0 heterocycles. The van der Waals surface area contributed by atoms with Gasteiger partial charge in [-0.15, -0.1) is 0 Å². The Morgan fingerprint density at radius 2 is 2.07 bits per heavy atom. The molecule has 0 aromatic rings. The maximum Gasteiger partial charge on any atom is 0.306 e. The molecule has 1 fully saturated rings. The molecule has 1 atom stereocenters. The Bertz CT molecular complexity index is 303. The third-order valence-corrected chi connectivity index (χ3v) is 5.45. The van der Waals surface area contributed by atoms with E-state index in [0.717, 1.165) is 19.3 Å². The molecule has 4 nitrogen and oxygen atoms in total. The summed E-state index contributed by atoms with van der Waals surface area (Å²) in [7, 11) is -1.84. The van der Waals surface area contributed by atoms with Crippen LogP contribution in [0.5, 0.6) is 0 Å². The lowest BCUT2D eigenvalue weighted by atomic mass is 10.00. The molecule has 1 aliphatic rings. The fourth-order valence-electron chi connectivity index (χ4n) is 1.46. The van der Waals surface area contributed by atoms with E-state index in [2.05, 4.69) is 4.74 Å². The summed E-state index contributed by atoms with van der Waals surface area (Å²) in [5.74, 6) is -0.458. The third-order valence-electron chi connectivity index (χ3n) is 2.76. The van der Waals surface area contributed by atoms with Crippen LogP contribution in [-0.2, 0) is 19.4 Å². The number of sulfone groups is 1. The molecule has 0 aliphatic heterocycles. The number of hydrogen-bond acceptors (Lipinski definition) is 4. The van der Waals surface area contributed by atoms with Gasteiger partial charge in [-0.1, -0.05) is 6.42 Å². The third kappa shape index (κ3) is 2.26. The van der Waals surface area contributed by atoms with Gasteiger partial charge in [0.25, 0.3) is 0 Å². The van der Waals surface area contributed by atoms with Crippen molar-refractivity contribution in [3.63, 3.8) is 0 Å². The van der Waals surface area contributed by atoms with E-state index in [1.165, 1.54) is 7.11 Å². The van der Waals surface area contributed by atoms with Crippen LogP contribution in [0.4, 0.5) is 0 Å². The smallest absolute Gasteiger partial charge is 0.306 e. The summed E-state index contributed by atoms with van der Waals surface area (Å²) in [5, 5.41) is -0.831. The van der Waals surface area contributed by atoms with Crippen molar-refractivity contribution in [1.82, 2.24) is 0 Å². The molecular formula is C9H16O4S. The topological polar surface area (TPSA) is 60.4 Å². The largest absolute Gasteiger partial charge is 0.469 e. The van der Waals surface area contributed by atoms with Gasteiger partial charge in [-0.25, -0.2) is 8.42 Å². The van der Waals surface area contributed by atoms with Gasteiger partial charge in [0.2, 0.25) is 0 Å². The summed E-state index contributed by atoms with van der Waals surface area (Å²) in [5.41, 5.74) is 0. The zero-order chi connectivity index (χ0) is 10.8. The van der Waals surface area contributed by atoms with E-state index in [9.17, 15) is 13.2 Å². The maximum atomic E-state index is 11.8. The molecular weight excluding hydrogens is 204 g/mol. The monoisotopic (exact) mass is 220 g/mol. The van der Waals surface area contributed by atoms with Crippen molar-refractivity contribution in [2.45, 2.75) is 43.1 Å². The highest BCUT2D eigenvalue weighted by Crippen LogP contribution is 2.29. The van der Waals surface area contributed by atoms with Crippen molar-refractivity contribution >= 4 is 15.8 Å². The molecule has 0 aromatic carbocycles. The normalized spacial score (nSPS) is 19.9. The Morgan fingerprint density at radius 1 is 1.50 bits per heavy atom. The molecule has 0 aromatic heterocycles. The molecule has 14 heavy (non-hydrogen) atoms. The minimum Gasteiger partial charge on any atom is -0.469 e. The van der Waals surface area contributed by atoms with Crippen LogP contribution in [0.3, 0.4) is 0 Å². The van der Waals surface area contributed by atoms with Crippen LogP contribution in [0.2, 0.25) is 0 Å². The van der Waals surface area contributed by atoms with E-state index in [0.29, 0.717) is 0 Å². The maximum absolute atomic E-state index is 11.8. The SMILES string of the molecule is COC(=O)CC(C)S(=O)(=O)C1CCC1. The molecule has 1 aliphatic carbocycles. The molecule has 1 unspecified atom stereocenters. The van der Waals surface area contributed by atoms with Crippen molar-refractivity contribution < 1.29 is 17.9 Å². The summed E-state index contributed by atoms with van der Waals surface area (Å²) >= 11 is 0. The Morgan fingerprint density at radius 3 is 2.43 bits per heavy atom. The Labute approximate surface area is 84.6 Å². The van der Waals surface area contributed by atoms with Gasteiger partial charge in [0.1, 0.15) is 0 Å². The van der Waals surface area contributed by atoms with Crippen LogP contribution in [0.25, 0.3) is 0 Å². The molecule has 0 spiro atoms. The molecule has 1 saturated carbocycles. The van der Waals surface area contributed by atoms with E-state index in [1.807, 2.05) is 0 Å². The molecule has 0 amide bonds. The van der Waals surface area contributed by atoms with Crippen molar-refractivity contribution in [2.75, 3.05) is 7.11 Å². The minimum absolute atomic E-state index is 0.0324. The Balaban J connectivity index is 2.58. The Kier molecular flexibility index (Phi) is 3.53. The van der Waals surface area contributed by atoms with Crippen molar-refractivity contribution in [3.05, 3.63) is 0 Å². The van der Waals surface area contributed by atoms with Gasteiger partial charge >= 0.3 is 5.97 Å². The zero-order valence-corrected chi connectivity index (χ0v) is 9.34. The number of carbonyl (C=O) groups is 1. The van der Waals surface area contributed by atoms with Crippen molar-refractivity contribution in [2.24, 2.45) is 0 Å². The first kappa shape index (κ1) is 11.5. The first-order valence-corrected chi connectivity index (χ1v) is 6.39. The summed E-state index contributed by atoms with van der Waals surface area (Å²) in [6, 6.07) is 0. The molecule has 0 radical (unpaired) electrons. The second-order valence-electron chi connectivity index (χ2n) is 3.73. The second-order valence-corrected chi connectivity index (χ2v) is 6.38. The number of methoxy groups -OCH3 is 1. The van der Waals surface area contributed by atoms with E-state index >= 15 is 0 Å². The number of esters is 1. The molecule has 0 bridgehead atoms. The highest BCUT2D eigenvalue weighted by Gasteiger charge is 2.36. The lowest BCUT2D eigenvalue weighted by Crippen LogP contribution is -2.36. The van der Waals surface area contributed by atoms with Crippen LogP contribution >= 0.6 is 0 Å². The van der Waals surface area contributed by atoms with Crippen LogP contribution in [0.15, 0.2) is 0 Å². The van der Waals surface area contributed by atoms with Crippen molar-refractivity contribution in [3.8, 4) is 0 Å². The molecule has 5 heteroatoms. The van der Waals surface area contributed by atoms with E-state index in [-0.39, 0.29) is 11.7 Å². The molecule has 82 valence electrons. The average molecular weight is 220 g/mol. The predicted molar refractivity (Wildman–Crippen MR) is 52.7 cm³/mol. The lowest BCUT2D eigenvalue weighted by Gasteiger charge is -2.27. The highest BCUT2D eigenvalue weighted by molar-refractivity contribution is 7.92. The quantitative estimate of drug-likeness (QED) is 0.661. The first-order chi connectivity index (χ1) is 6.48. The van der Waals surface area contributed by atoms with E-state index in [1.54, 1.807) is 6.92 Å². The zero-order valence-electron chi connectivity index (χ0n) is 8.52. The van der Waals surface area contributed by atoms with Crippen LogP contribution in [-0.4, -0.2) is 32.0 Å². The number of carbonyl (C=O) groups excluding carboxylic acids is 1. The summed E-state index contributed by atoms with van der Waals surface area (Å²) in [6.45, 7) is 1.57. The van der Waals surface area contributed by atoms with Crippen LogP contribution in [0.1, 0.15) is 32.6 Å². The lowest BCUT2D eigenvalue weighted by molar-refractivity contribution is -0.140. The highest BCUT2D eigenvalue weighted by atomic mass is 32.2. The van der Waals surface area contributed by atoms with Crippen molar-refractivity contribution in [1.29, 1.82) is 0 Å². The van der Waals surface area contributed by atoms with Crippen LogP contribution in [0, 0.1) is 0 Å².